The van der Waals surface area contributed by atoms with Crippen molar-refractivity contribution >= 4 is 0 Å². The third kappa shape index (κ3) is 4.31. The van der Waals surface area contributed by atoms with Crippen molar-refractivity contribution in [1.29, 1.82) is 0 Å². The normalized spacial score (nSPS) is 13.1. The minimum Gasteiger partial charge on any atom is -0.392 e. The lowest BCUT2D eigenvalue weighted by molar-refractivity contribution is 0.279. The van der Waals surface area contributed by atoms with Crippen molar-refractivity contribution in [3.05, 3.63) is 35.4 Å². The number of aliphatic hydroxyl groups excluding tert-OH is 1. The summed E-state index contributed by atoms with van der Waals surface area (Å²) in [6.07, 6.45) is 0. The highest BCUT2D eigenvalue weighted by Crippen LogP contribution is 2.07. The Balaban J connectivity index is 2.46. The van der Waals surface area contributed by atoms with Crippen LogP contribution in [0.2, 0.25) is 0 Å². The first-order chi connectivity index (χ1) is 7.65. The quantitative estimate of drug-likeness (QED) is 0.760. The van der Waals surface area contributed by atoms with Gasteiger partial charge in [-0.05, 0) is 30.6 Å². The highest BCUT2D eigenvalue weighted by Gasteiger charge is 2.05. The van der Waals surface area contributed by atoms with E-state index < -0.39 is 0 Å². The molecule has 1 aromatic rings. The molecule has 1 unspecified atom stereocenters. The summed E-state index contributed by atoms with van der Waals surface area (Å²) in [4.78, 5) is 2.27. The average Bonchev–Trinajstić information content (AvgIpc) is 2.29. The van der Waals surface area contributed by atoms with Crippen LogP contribution in [0.15, 0.2) is 24.3 Å². The zero-order chi connectivity index (χ0) is 12.0. The zero-order valence-electron chi connectivity index (χ0n) is 10.2. The maximum absolute atomic E-state index is 8.94. The molecule has 0 radical (unpaired) electrons. The molecule has 3 nitrogen and oxygen atoms in total. The smallest absolute Gasteiger partial charge is 0.0681 e. The lowest BCUT2D eigenvalue weighted by Crippen LogP contribution is -2.28. The maximum atomic E-state index is 8.94. The van der Waals surface area contributed by atoms with Crippen molar-refractivity contribution in [1.82, 2.24) is 4.90 Å². The van der Waals surface area contributed by atoms with E-state index in [9.17, 15) is 0 Å². The highest BCUT2D eigenvalue weighted by molar-refractivity contribution is 5.21. The molecule has 90 valence electrons. The van der Waals surface area contributed by atoms with E-state index in [4.69, 9.17) is 10.8 Å². The number of rotatable bonds is 6. The summed E-state index contributed by atoms with van der Waals surface area (Å²) in [6.45, 7) is 4.94. The fourth-order valence-electron chi connectivity index (χ4n) is 1.73. The van der Waals surface area contributed by atoms with Crippen LogP contribution in [-0.2, 0) is 13.2 Å². The Labute approximate surface area is 97.9 Å². The number of aliphatic hydroxyl groups is 1. The molecule has 0 aliphatic rings. The largest absolute Gasteiger partial charge is 0.392 e. The van der Waals surface area contributed by atoms with E-state index in [1.165, 1.54) is 5.56 Å². The van der Waals surface area contributed by atoms with Crippen molar-refractivity contribution in [3.63, 3.8) is 0 Å². The Morgan fingerprint density at radius 1 is 1.25 bits per heavy atom. The first-order valence-electron chi connectivity index (χ1n) is 5.73. The fourth-order valence-corrected chi connectivity index (χ4v) is 1.73. The van der Waals surface area contributed by atoms with Crippen molar-refractivity contribution < 1.29 is 5.11 Å². The number of nitrogens with zero attached hydrogens (tertiary/aromatic N) is 1. The van der Waals surface area contributed by atoms with Crippen molar-refractivity contribution in [3.8, 4) is 0 Å². The van der Waals surface area contributed by atoms with Gasteiger partial charge in [0, 0.05) is 13.1 Å². The predicted octanol–water partition coefficient (Wildman–Crippen LogP) is 1.21. The first kappa shape index (κ1) is 13.2. The van der Waals surface area contributed by atoms with Gasteiger partial charge in [0.25, 0.3) is 0 Å². The summed E-state index contributed by atoms with van der Waals surface area (Å²) in [5.74, 6) is 0.529. The summed E-state index contributed by atoms with van der Waals surface area (Å²) in [7, 11) is 2.10. The van der Waals surface area contributed by atoms with Crippen LogP contribution in [-0.4, -0.2) is 30.1 Å². The van der Waals surface area contributed by atoms with Crippen LogP contribution in [0.4, 0.5) is 0 Å². The third-order valence-electron chi connectivity index (χ3n) is 2.68. The molecule has 0 spiro atoms. The molecule has 1 atom stereocenters. The first-order valence-corrected chi connectivity index (χ1v) is 5.73. The minimum absolute atomic E-state index is 0.111. The molecule has 0 aliphatic heterocycles. The second kappa shape index (κ2) is 6.63. The molecule has 16 heavy (non-hydrogen) atoms. The Bertz CT molecular complexity index is 297. The van der Waals surface area contributed by atoms with Crippen molar-refractivity contribution in [2.75, 3.05) is 20.1 Å². The molecule has 0 bridgehead atoms. The predicted molar refractivity (Wildman–Crippen MR) is 66.9 cm³/mol. The zero-order valence-corrected chi connectivity index (χ0v) is 10.2. The molecule has 0 heterocycles. The summed E-state index contributed by atoms with van der Waals surface area (Å²) in [5, 5.41) is 8.94. The van der Waals surface area contributed by atoms with Gasteiger partial charge in [-0.3, -0.25) is 0 Å². The number of hydrogen-bond acceptors (Lipinski definition) is 3. The van der Waals surface area contributed by atoms with Gasteiger partial charge in [0.15, 0.2) is 0 Å². The lowest BCUT2D eigenvalue weighted by Gasteiger charge is -2.20. The van der Waals surface area contributed by atoms with Crippen molar-refractivity contribution in [2.45, 2.75) is 20.1 Å². The van der Waals surface area contributed by atoms with E-state index in [1.807, 2.05) is 12.1 Å². The Morgan fingerprint density at radius 2 is 1.81 bits per heavy atom. The molecular weight excluding hydrogens is 200 g/mol. The molecule has 0 amide bonds. The number of benzene rings is 1. The summed E-state index contributed by atoms with van der Waals surface area (Å²) in [5.41, 5.74) is 7.82. The van der Waals surface area contributed by atoms with Gasteiger partial charge in [0.1, 0.15) is 0 Å². The van der Waals surface area contributed by atoms with Gasteiger partial charge in [-0.25, -0.2) is 0 Å². The van der Waals surface area contributed by atoms with Gasteiger partial charge >= 0.3 is 0 Å². The molecule has 1 rings (SSSR count). The molecule has 3 heteroatoms. The van der Waals surface area contributed by atoms with E-state index in [-0.39, 0.29) is 6.61 Å². The number of nitrogens with two attached hydrogens (primary N) is 1. The van der Waals surface area contributed by atoms with Gasteiger partial charge in [0.2, 0.25) is 0 Å². The monoisotopic (exact) mass is 222 g/mol. The molecule has 0 fully saturated rings. The molecular formula is C13H22N2O. The summed E-state index contributed by atoms with van der Waals surface area (Å²) >= 11 is 0. The van der Waals surface area contributed by atoms with E-state index in [0.29, 0.717) is 5.92 Å². The van der Waals surface area contributed by atoms with Crippen LogP contribution in [0.3, 0.4) is 0 Å². The SMILES string of the molecule is CC(CN)CN(C)Cc1ccc(CO)cc1. The Hall–Kier alpha value is -0.900. The molecule has 0 saturated heterocycles. The van der Waals surface area contributed by atoms with Crippen molar-refractivity contribution in [2.24, 2.45) is 11.7 Å². The third-order valence-corrected chi connectivity index (χ3v) is 2.68. The standard InChI is InChI=1S/C13H22N2O/c1-11(7-14)8-15(2)9-12-3-5-13(10-16)6-4-12/h3-6,11,16H,7-10,14H2,1-2H3. The summed E-state index contributed by atoms with van der Waals surface area (Å²) < 4.78 is 0. The van der Waals surface area contributed by atoms with Crippen LogP contribution in [0.5, 0.6) is 0 Å². The van der Waals surface area contributed by atoms with Gasteiger partial charge in [-0.2, -0.15) is 0 Å². The Morgan fingerprint density at radius 3 is 2.31 bits per heavy atom. The second-order valence-electron chi connectivity index (χ2n) is 4.51. The molecule has 0 saturated carbocycles. The van der Waals surface area contributed by atoms with Gasteiger partial charge in [-0.15, -0.1) is 0 Å². The molecule has 0 aromatic heterocycles. The van der Waals surface area contributed by atoms with Crippen LogP contribution in [0.1, 0.15) is 18.1 Å². The van der Waals surface area contributed by atoms with E-state index >= 15 is 0 Å². The molecule has 0 aliphatic carbocycles. The van der Waals surface area contributed by atoms with Crippen LogP contribution >= 0.6 is 0 Å². The van der Waals surface area contributed by atoms with E-state index in [0.717, 1.165) is 25.2 Å². The van der Waals surface area contributed by atoms with E-state index in [1.54, 1.807) is 0 Å². The van der Waals surface area contributed by atoms with Gasteiger partial charge < -0.3 is 15.7 Å². The maximum Gasteiger partial charge on any atom is 0.0681 e. The molecule has 1 aromatic carbocycles. The second-order valence-corrected chi connectivity index (χ2v) is 4.51. The topological polar surface area (TPSA) is 49.5 Å². The van der Waals surface area contributed by atoms with Crippen LogP contribution in [0.25, 0.3) is 0 Å². The molecule has 3 N–H and O–H groups in total. The minimum atomic E-state index is 0.111. The average molecular weight is 222 g/mol. The van der Waals surface area contributed by atoms with E-state index in [2.05, 4.69) is 31.0 Å². The van der Waals surface area contributed by atoms with Crippen LogP contribution in [0, 0.1) is 5.92 Å². The lowest BCUT2D eigenvalue weighted by atomic mass is 10.1. The van der Waals surface area contributed by atoms with Gasteiger partial charge in [0.05, 0.1) is 6.61 Å². The summed E-state index contributed by atoms with van der Waals surface area (Å²) in [6, 6.07) is 8.06. The van der Waals surface area contributed by atoms with Gasteiger partial charge in [-0.1, -0.05) is 31.2 Å². The highest BCUT2D eigenvalue weighted by atomic mass is 16.3. The number of hydrogen-bond donors (Lipinski definition) is 2. The van der Waals surface area contributed by atoms with Crippen LogP contribution < -0.4 is 5.73 Å². The fraction of sp³-hybridized carbons (Fsp3) is 0.538. The Kier molecular flexibility index (Phi) is 5.46.